The normalized spacial score (nSPS) is 16.0. The van der Waals surface area contributed by atoms with Crippen LogP contribution in [0.5, 0.6) is 11.5 Å². The van der Waals surface area contributed by atoms with Gasteiger partial charge >= 0.3 is 0 Å². The van der Waals surface area contributed by atoms with Crippen LogP contribution in [0.2, 0.25) is 0 Å². The molecule has 6 nitrogen and oxygen atoms in total. The fraction of sp³-hybridized carbons (Fsp3) is 0.667. The molecule has 0 spiro atoms. The summed E-state index contributed by atoms with van der Waals surface area (Å²) in [7, 11) is 0. The van der Waals surface area contributed by atoms with Gasteiger partial charge in [-0.1, -0.05) is 110 Å². The minimum Gasteiger partial charge on any atom is -0.494 e. The van der Waals surface area contributed by atoms with Crippen molar-refractivity contribution >= 4 is 11.8 Å². The molecule has 268 valence electrons. The van der Waals surface area contributed by atoms with Gasteiger partial charge in [-0.2, -0.15) is 0 Å². The first-order valence-electron chi connectivity index (χ1n) is 19.6. The molecule has 1 aliphatic carbocycles. The average Bonchev–Trinajstić information content (AvgIpc) is 3.12. The van der Waals surface area contributed by atoms with E-state index in [4.69, 9.17) is 9.47 Å². The zero-order chi connectivity index (χ0) is 34.1. The fourth-order valence-electron chi connectivity index (χ4n) is 6.71. The van der Waals surface area contributed by atoms with Gasteiger partial charge in [-0.25, -0.2) is 0 Å². The van der Waals surface area contributed by atoms with E-state index in [0.29, 0.717) is 36.1 Å². The zero-order valence-electron chi connectivity index (χ0n) is 30.4. The molecule has 48 heavy (non-hydrogen) atoms. The van der Waals surface area contributed by atoms with Gasteiger partial charge in [0.25, 0.3) is 11.8 Å². The molecular formula is C42H66N2O4. The summed E-state index contributed by atoms with van der Waals surface area (Å²) in [4.78, 5) is 25.7. The van der Waals surface area contributed by atoms with Gasteiger partial charge in [0.15, 0.2) is 0 Å². The second kappa shape index (κ2) is 25.0. The largest absolute Gasteiger partial charge is 0.494 e. The van der Waals surface area contributed by atoms with Crippen molar-refractivity contribution in [1.82, 2.24) is 10.6 Å². The van der Waals surface area contributed by atoms with E-state index in [0.717, 1.165) is 63.2 Å². The Balaban J connectivity index is 1.25. The lowest BCUT2D eigenvalue weighted by molar-refractivity contribution is 0.0935. The predicted molar refractivity (Wildman–Crippen MR) is 199 cm³/mol. The van der Waals surface area contributed by atoms with E-state index < -0.39 is 0 Å². The maximum atomic E-state index is 12.8. The first-order chi connectivity index (χ1) is 23.6. The highest BCUT2D eigenvalue weighted by atomic mass is 16.5. The average molecular weight is 663 g/mol. The molecule has 2 unspecified atom stereocenters. The number of carbonyl (C=O) groups is 2. The van der Waals surface area contributed by atoms with E-state index in [1.807, 2.05) is 48.5 Å². The molecular weight excluding hydrogens is 596 g/mol. The van der Waals surface area contributed by atoms with E-state index >= 15 is 0 Å². The van der Waals surface area contributed by atoms with Crippen LogP contribution in [0.4, 0.5) is 0 Å². The minimum atomic E-state index is -0.0368. The molecule has 2 amide bonds. The van der Waals surface area contributed by atoms with E-state index in [9.17, 15) is 9.59 Å². The lowest BCUT2D eigenvalue weighted by Crippen LogP contribution is -2.35. The van der Waals surface area contributed by atoms with E-state index in [1.54, 1.807) is 0 Å². The summed E-state index contributed by atoms with van der Waals surface area (Å²) >= 11 is 0. The van der Waals surface area contributed by atoms with Gasteiger partial charge in [0.05, 0.1) is 13.2 Å². The monoisotopic (exact) mass is 663 g/mol. The topological polar surface area (TPSA) is 76.7 Å². The summed E-state index contributed by atoms with van der Waals surface area (Å²) in [5.41, 5.74) is 1.33. The van der Waals surface area contributed by atoms with Crippen molar-refractivity contribution in [3.8, 4) is 11.5 Å². The molecule has 0 radical (unpaired) electrons. The Morgan fingerprint density at radius 3 is 1.27 bits per heavy atom. The van der Waals surface area contributed by atoms with Crippen LogP contribution < -0.4 is 20.1 Å². The number of hydrogen-bond donors (Lipinski definition) is 2. The summed E-state index contributed by atoms with van der Waals surface area (Å²) < 4.78 is 11.8. The summed E-state index contributed by atoms with van der Waals surface area (Å²) in [6, 6.07) is 15.0. The highest BCUT2D eigenvalue weighted by Gasteiger charge is 2.23. The van der Waals surface area contributed by atoms with Gasteiger partial charge in [-0.15, -0.1) is 0 Å². The number of unbranched alkanes of at least 4 members (excludes halogenated alkanes) is 14. The van der Waals surface area contributed by atoms with E-state index in [-0.39, 0.29) is 11.8 Å². The third kappa shape index (κ3) is 16.9. The van der Waals surface area contributed by atoms with Crippen molar-refractivity contribution in [3.05, 3.63) is 59.7 Å². The van der Waals surface area contributed by atoms with Crippen molar-refractivity contribution in [2.24, 2.45) is 11.8 Å². The van der Waals surface area contributed by atoms with Gasteiger partial charge in [0, 0.05) is 24.2 Å². The Morgan fingerprint density at radius 2 is 0.896 bits per heavy atom. The first-order valence-corrected chi connectivity index (χ1v) is 19.6. The van der Waals surface area contributed by atoms with Gasteiger partial charge in [0.1, 0.15) is 11.5 Å². The predicted octanol–water partition coefficient (Wildman–Crippen LogP) is 10.7. The molecule has 0 aromatic heterocycles. The molecule has 0 bridgehead atoms. The summed E-state index contributed by atoms with van der Waals surface area (Å²) in [6.07, 6.45) is 24.9. The maximum Gasteiger partial charge on any atom is 0.251 e. The molecule has 2 atom stereocenters. The highest BCUT2D eigenvalue weighted by Crippen LogP contribution is 2.28. The molecule has 0 heterocycles. The molecule has 1 aliphatic rings. The number of carbonyl (C=O) groups excluding carboxylic acids is 2. The number of rotatable bonds is 26. The maximum absolute atomic E-state index is 12.8. The lowest BCUT2D eigenvalue weighted by Gasteiger charge is -2.29. The second-order valence-electron chi connectivity index (χ2n) is 14.0. The van der Waals surface area contributed by atoms with Crippen molar-refractivity contribution in [3.63, 3.8) is 0 Å². The first kappa shape index (κ1) is 39.4. The van der Waals surface area contributed by atoms with Crippen molar-refractivity contribution in [2.45, 2.75) is 142 Å². The molecule has 0 saturated heterocycles. The molecule has 2 aromatic carbocycles. The molecule has 6 heteroatoms. The Labute approximate surface area is 292 Å². The van der Waals surface area contributed by atoms with Gasteiger partial charge in [0.2, 0.25) is 0 Å². The van der Waals surface area contributed by atoms with Crippen LogP contribution in [-0.2, 0) is 0 Å². The lowest BCUT2D eigenvalue weighted by atomic mass is 9.81. The molecule has 3 rings (SSSR count). The Bertz CT molecular complexity index is 1030. The number of benzene rings is 2. The zero-order valence-corrected chi connectivity index (χ0v) is 30.4. The third-order valence-electron chi connectivity index (χ3n) is 9.76. The van der Waals surface area contributed by atoms with E-state index in [2.05, 4.69) is 24.5 Å². The van der Waals surface area contributed by atoms with Crippen molar-refractivity contribution in [2.75, 3.05) is 26.3 Å². The second-order valence-corrected chi connectivity index (χ2v) is 14.0. The van der Waals surface area contributed by atoms with Crippen LogP contribution in [0.1, 0.15) is 163 Å². The molecule has 0 aliphatic heterocycles. The number of hydrogen-bond acceptors (Lipinski definition) is 4. The van der Waals surface area contributed by atoms with Crippen LogP contribution in [-0.4, -0.2) is 38.1 Å². The summed E-state index contributed by atoms with van der Waals surface area (Å²) in [5.74, 6) is 2.43. The van der Waals surface area contributed by atoms with Crippen LogP contribution in [0.3, 0.4) is 0 Å². The van der Waals surface area contributed by atoms with Gasteiger partial charge in [-0.05, 0) is 92.5 Å². The van der Waals surface area contributed by atoms with Crippen LogP contribution in [0.25, 0.3) is 0 Å². The van der Waals surface area contributed by atoms with E-state index in [1.165, 1.54) is 89.9 Å². The Hall–Kier alpha value is -3.02. The van der Waals surface area contributed by atoms with Crippen molar-refractivity contribution in [1.29, 1.82) is 0 Å². The number of ether oxygens (including phenoxy) is 2. The molecule has 1 fully saturated rings. The SMILES string of the molecule is CCCCCCCCCCOc1ccc(C(=O)NCC2CCCC(CNC(=O)c3ccc(OCCCCCCCCCC)cc3)C2)cc1. The fourth-order valence-corrected chi connectivity index (χ4v) is 6.71. The van der Waals surface area contributed by atoms with Gasteiger partial charge in [-0.3, -0.25) is 9.59 Å². The Kier molecular flexibility index (Phi) is 20.5. The highest BCUT2D eigenvalue weighted by molar-refractivity contribution is 5.94. The minimum absolute atomic E-state index is 0.0368. The summed E-state index contributed by atoms with van der Waals surface area (Å²) in [5, 5.41) is 6.29. The van der Waals surface area contributed by atoms with Crippen molar-refractivity contribution < 1.29 is 19.1 Å². The number of nitrogens with one attached hydrogen (secondary N) is 2. The Morgan fingerprint density at radius 1 is 0.542 bits per heavy atom. The van der Waals surface area contributed by atoms with Gasteiger partial charge < -0.3 is 20.1 Å². The standard InChI is InChI=1S/C42H66N2O4/c1-3-5-7-9-11-13-15-17-30-47-39-26-22-37(23-27-39)41(45)43-33-35-20-19-21-36(32-35)34-44-42(46)38-24-28-40(29-25-38)48-31-18-16-14-12-10-8-6-4-2/h22-29,35-36H,3-21,30-34H2,1-2H3,(H,43,45)(H,44,46). The quantitative estimate of drug-likeness (QED) is 0.0983. The molecule has 1 saturated carbocycles. The van der Waals surface area contributed by atoms with Crippen LogP contribution in [0, 0.1) is 11.8 Å². The third-order valence-corrected chi connectivity index (χ3v) is 9.76. The van der Waals surface area contributed by atoms with Crippen LogP contribution in [0.15, 0.2) is 48.5 Å². The molecule has 2 aromatic rings. The van der Waals surface area contributed by atoms with Crippen LogP contribution >= 0.6 is 0 Å². The molecule has 2 N–H and O–H groups in total. The number of amides is 2. The smallest absolute Gasteiger partial charge is 0.251 e. The summed E-state index contributed by atoms with van der Waals surface area (Å²) in [6.45, 7) is 7.30.